The maximum absolute atomic E-state index is 5.87. The van der Waals surface area contributed by atoms with Crippen LogP contribution in [0, 0.1) is 0 Å². The topological polar surface area (TPSA) is 43.1 Å². The molecule has 0 radical (unpaired) electrons. The van der Waals surface area contributed by atoms with Crippen molar-refractivity contribution in [2.24, 2.45) is 0 Å². The van der Waals surface area contributed by atoms with Crippen molar-refractivity contribution in [3.8, 4) is 0 Å². The summed E-state index contributed by atoms with van der Waals surface area (Å²) in [4.78, 5) is 8.10. The van der Waals surface area contributed by atoms with Crippen molar-refractivity contribution in [2.75, 3.05) is 0 Å². The minimum Gasteiger partial charge on any atom is -0.199 e. The first-order valence-electron chi connectivity index (χ1n) is 3.78. The molecule has 0 saturated carbocycles. The number of halogens is 2. The predicted octanol–water partition coefficient (Wildman–Crippen LogP) is 1.99. The largest absolute Gasteiger partial charge is 0.255 e. The van der Waals surface area contributed by atoms with E-state index in [0.29, 0.717) is 21.9 Å². The van der Waals surface area contributed by atoms with Crippen LogP contribution in [-0.2, 0) is 6.42 Å². The Hall–Kier alpha value is -0.870. The smallest absolute Gasteiger partial charge is 0.199 e. The average molecular weight is 217 g/mol. The zero-order valence-electron chi connectivity index (χ0n) is 6.83. The Bertz CT molecular complexity index is 451. The van der Waals surface area contributed by atoms with E-state index in [4.69, 9.17) is 23.2 Å². The van der Waals surface area contributed by atoms with Gasteiger partial charge in [-0.2, -0.15) is 14.5 Å². The van der Waals surface area contributed by atoms with Gasteiger partial charge in [-0.25, -0.2) is 0 Å². The number of nitrogens with zero attached hydrogens (tertiary/aromatic N) is 4. The summed E-state index contributed by atoms with van der Waals surface area (Å²) in [5.74, 6) is 1.14. The summed E-state index contributed by atoms with van der Waals surface area (Å²) in [6.45, 7) is 1.96. The third-order valence-corrected chi connectivity index (χ3v) is 2.06. The van der Waals surface area contributed by atoms with Crippen LogP contribution in [0.2, 0.25) is 10.3 Å². The molecular formula is C7H6Cl2N4. The van der Waals surface area contributed by atoms with Gasteiger partial charge < -0.3 is 0 Å². The summed E-state index contributed by atoms with van der Waals surface area (Å²) in [7, 11) is 0. The lowest BCUT2D eigenvalue weighted by molar-refractivity contribution is 0.880. The lowest BCUT2D eigenvalue weighted by Gasteiger charge is -1.93. The summed E-state index contributed by atoms with van der Waals surface area (Å²) in [5, 5.41) is 4.87. The summed E-state index contributed by atoms with van der Waals surface area (Å²) in [6.07, 6.45) is 0.747. The van der Waals surface area contributed by atoms with Crippen molar-refractivity contribution in [3.05, 3.63) is 22.2 Å². The van der Waals surface area contributed by atoms with Gasteiger partial charge in [0.1, 0.15) is 10.3 Å². The standard InChI is InChI=1S/C7H6Cl2N4/c1-2-6-11-7-10-4(8)3-5(9)13(7)12-6/h3H,2H2,1H3. The van der Waals surface area contributed by atoms with Crippen molar-refractivity contribution in [2.45, 2.75) is 13.3 Å². The lowest BCUT2D eigenvalue weighted by atomic mass is 10.5. The highest BCUT2D eigenvalue weighted by Gasteiger charge is 2.07. The monoisotopic (exact) mass is 216 g/mol. The van der Waals surface area contributed by atoms with E-state index in [0.717, 1.165) is 6.42 Å². The molecule has 2 aromatic heterocycles. The van der Waals surface area contributed by atoms with E-state index in [1.54, 1.807) is 0 Å². The molecule has 0 atom stereocenters. The van der Waals surface area contributed by atoms with Crippen molar-refractivity contribution in [1.82, 2.24) is 19.6 Å². The molecule has 68 valence electrons. The molecule has 2 heterocycles. The molecule has 0 N–H and O–H groups in total. The molecular weight excluding hydrogens is 211 g/mol. The second-order valence-corrected chi connectivity index (χ2v) is 3.27. The van der Waals surface area contributed by atoms with Gasteiger partial charge in [0.05, 0.1) is 0 Å². The van der Waals surface area contributed by atoms with Gasteiger partial charge in [-0.05, 0) is 0 Å². The molecule has 0 aliphatic rings. The van der Waals surface area contributed by atoms with Crippen LogP contribution < -0.4 is 0 Å². The maximum atomic E-state index is 5.87. The number of hydrogen-bond acceptors (Lipinski definition) is 3. The van der Waals surface area contributed by atoms with Crippen LogP contribution in [0.3, 0.4) is 0 Å². The fraction of sp³-hybridized carbons (Fsp3) is 0.286. The molecule has 0 fully saturated rings. The average Bonchev–Trinajstić information content (AvgIpc) is 2.47. The molecule has 0 aliphatic carbocycles. The molecule has 0 aliphatic heterocycles. The first-order chi connectivity index (χ1) is 6.20. The van der Waals surface area contributed by atoms with Crippen LogP contribution in [0.5, 0.6) is 0 Å². The number of aromatic nitrogens is 4. The van der Waals surface area contributed by atoms with Crippen molar-refractivity contribution >= 4 is 29.0 Å². The SMILES string of the molecule is CCc1nc2nc(Cl)cc(Cl)n2n1. The van der Waals surface area contributed by atoms with Crippen molar-refractivity contribution < 1.29 is 0 Å². The normalized spacial score (nSPS) is 11.0. The number of fused-ring (bicyclic) bond motifs is 1. The summed E-state index contributed by atoms with van der Waals surface area (Å²) in [5.41, 5.74) is 0. The fourth-order valence-corrected chi connectivity index (χ4v) is 1.45. The maximum Gasteiger partial charge on any atom is 0.255 e. The van der Waals surface area contributed by atoms with Gasteiger partial charge in [0.2, 0.25) is 0 Å². The highest BCUT2D eigenvalue weighted by Crippen LogP contribution is 2.15. The van der Waals surface area contributed by atoms with Gasteiger partial charge >= 0.3 is 0 Å². The first kappa shape index (κ1) is 8.72. The third-order valence-electron chi connectivity index (χ3n) is 1.60. The number of rotatable bonds is 1. The molecule has 0 amide bonds. The highest BCUT2D eigenvalue weighted by molar-refractivity contribution is 6.33. The predicted molar refractivity (Wildman–Crippen MR) is 50.2 cm³/mol. The minimum atomic E-state index is 0.326. The molecule has 13 heavy (non-hydrogen) atoms. The van der Waals surface area contributed by atoms with E-state index in [-0.39, 0.29) is 0 Å². The second-order valence-electron chi connectivity index (χ2n) is 2.49. The Kier molecular flexibility index (Phi) is 2.09. The highest BCUT2D eigenvalue weighted by atomic mass is 35.5. The Balaban J connectivity index is 2.75. The van der Waals surface area contributed by atoms with Crippen LogP contribution in [-0.4, -0.2) is 19.6 Å². The van der Waals surface area contributed by atoms with E-state index in [1.165, 1.54) is 10.6 Å². The second kappa shape index (κ2) is 3.12. The van der Waals surface area contributed by atoms with E-state index in [2.05, 4.69) is 15.1 Å². The quantitative estimate of drug-likeness (QED) is 0.686. The summed E-state index contributed by atoms with van der Waals surface area (Å²) >= 11 is 11.6. The van der Waals surface area contributed by atoms with Crippen LogP contribution in [0.1, 0.15) is 12.7 Å². The summed E-state index contributed by atoms with van der Waals surface area (Å²) < 4.78 is 1.46. The molecule has 0 unspecified atom stereocenters. The number of hydrogen-bond donors (Lipinski definition) is 0. The summed E-state index contributed by atoms with van der Waals surface area (Å²) in [6, 6.07) is 1.53. The van der Waals surface area contributed by atoms with Crippen molar-refractivity contribution in [1.29, 1.82) is 0 Å². The van der Waals surface area contributed by atoms with Gasteiger partial charge in [-0.3, -0.25) is 0 Å². The van der Waals surface area contributed by atoms with Crippen LogP contribution in [0.15, 0.2) is 6.07 Å². The Morgan fingerprint density at radius 2 is 2.15 bits per heavy atom. The Labute approximate surface area is 84.5 Å². The van der Waals surface area contributed by atoms with Gasteiger partial charge in [-0.1, -0.05) is 30.1 Å². The molecule has 0 saturated heterocycles. The van der Waals surface area contributed by atoms with E-state index in [9.17, 15) is 0 Å². The minimum absolute atomic E-state index is 0.326. The molecule has 2 aromatic rings. The van der Waals surface area contributed by atoms with E-state index in [1.807, 2.05) is 6.92 Å². The third kappa shape index (κ3) is 1.47. The van der Waals surface area contributed by atoms with Crippen LogP contribution >= 0.6 is 23.2 Å². The molecule has 0 aromatic carbocycles. The van der Waals surface area contributed by atoms with E-state index < -0.39 is 0 Å². The van der Waals surface area contributed by atoms with Gasteiger partial charge in [-0.15, -0.1) is 5.10 Å². The van der Waals surface area contributed by atoms with Gasteiger partial charge in [0.25, 0.3) is 5.78 Å². The Morgan fingerprint density at radius 1 is 1.38 bits per heavy atom. The van der Waals surface area contributed by atoms with Crippen LogP contribution in [0.4, 0.5) is 0 Å². The zero-order valence-corrected chi connectivity index (χ0v) is 8.34. The van der Waals surface area contributed by atoms with Crippen LogP contribution in [0.25, 0.3) is 5.78 Å². The lowest BCUT2D eigenvalue weighted by Crippen LogP contribution is -1.92. The van der Waals surface area contributed by atoms with Gasteiger partial charge in [0.15, 0.2) is 5.82 Å². The van der Waals surface area contributed by atoms with Crippen molar-refractivity contribution in [3.63, 3.8) is 0 Å². The van der Waals surface area contributed by atoms with Gasteiger partial charge in [0, 0.05) is 12.5 Å². The number of aryl methyl sites for hydroxylation is 1. The first-order valence-corrected chi connectivity index (χ1v) is 4.54. The Morgan fingerprint density at radius 3 is 2.85 bits per heavy atom. The molecule has 4 nitrogen and oxygen atoms in total. The molecule has 0 bridgehead atoms. The molecule has 0 spiro atoms. The fourth-order valence-electron chi connectivity index (χ4n) is 0.998. The zero-order chi connectivity index (χ0) is 9.42. The van der Waals surface area contributed by atoms with E-state index >= 15 is 0 Å². The molecule has 2 rings (SSSR count). The molecule has 6 heteroatoms.